The molecule has 2 heterocycles. The SMILES string of the molecule is Cc1c(N2CCC(C(O)C(O)(C(F)(F)F)C(F)(F)F)C2)c(F)c(C(F)F)c2c(=O)[nH]c(=O)n(C3CC3)c12. The van der Waals surface area contributed by atoms with E-state index in [0.717, 1.165) is 9.47 Å². The van der Waals surface area contributed by atoms with Gasteiger partial charge in [0.05, 0.1) is 22.2 Å². The lowest BCUT2D eigenvalue weighted by Crippen LogP contribution is -2.66. The Morgan fingerprint density at radius 2 is 1.59 bits per heavy atom. The Morgan fingerprint density at radius 1 is 1.03 bits per heavy atom. The number of aryl methyl sites for hydroxylation is 1. The average Bonchev–Trinajstić information content (AvgIpc) is 3.47. The first-order chi connectivity index (χ1) is 16.9. The van der Waals surface area contributed by atoms with Crippen molar-refractivity contribution >= 4 is 16.6 Å². The lowest BCUT2D eigenvalue weighted by molar-refractivity contribution is -0.395. The number of fused-ring (bicyclic) bond motifs is 1. The maximum absolute atomic E-state index is 15.5. The summed E-state index contributed by atoms with van der Waals surface area (Å²) in [6, 6.07) is -0.490. The number of nitrogens with one attached hydrogen (secondary N) is 1. The third kappa shape index (κ3) is 4.08. The van der Waals surface area contributed by atoms with Crippen LogP contribution in [-0.2, 0) is 0 Å². The Balaban J connectivity index is 1.86. The molecular weight excluding hydrogens is 529 g/mol. The van der Waals surface area contributed by atoms with Gasteiger partial charge in [-0.15, -0.1) is 0 Å². The van der Waals surface area contributed by atoms with Crippen molar-refractivity contribution in [3.8, 4) is 0 Å². The number of halogens is 9. The zero-order chi connectivity index (χ0) is 27.8. The third-order valence-corrected chi connectivity index (χ3v) is 6.98. The van der Waals surface area contributed by atoms with Crippen molar-refractivity contribution in [3.63, 3.8) is 0 Å². The number of nitrogens with zero attached hydrogens (tertiary/aromatic N) is 2. The molecule has 16 heteroatoms. The van der Waals surface area contributed by atoms with E-state index in [4.69, 9.17) is 0 Å². The molecule has 1 aromatic carbocycles. The Kier molecular flexibility index (Phi) is 6.38. The van der Waals surface area contributed by atoms with E-state index in [-0.39, 0.29) is 11.1 Å². The lowest BCUT2D eigenvalue weighted by atomic mass is 9.85. The molecule has 4 rings (SSSR count). The highest BCUT2D eigenvalue weighted by molar-refractivity contribution is 5.90. The van der Waals surface area contributed by atoms with E-state index in [1.165, 1.54) is 6.92 Å². The summed E-state index contributed by atoms with van der Waals surface area (Å²) < 4.78 is 124. The maximum Gasteiger partial charge on any atom is 0.428 e. The van der Waals surface area contributed by atoms with Crippen molar-refractivity contribution < 1.29 is 49.7 Å². The first-order valence-corrected chi connectivity index (χ1v) is 11.0. The zero-order valence-corrected chi connectivity index (χ0v) is 18.9. The molecule has 0 radical (unpaired) electrons. The Morgan fingerprint density at radius 3 is 2.08 bits per heavy atom. The van der Waals surface area contributed by atoms with Crippen LogP contribution in [-0.4, -0.2) is 56.9 Å². The quantitative estimate of drug-likeness (QED) is 0.497. The molecular formula is C21H20F9N3O4. The molecule has 0 amide bonds. The number of aromatic amines is 1. The number of aliphatic hydroxyl groups is 2. The Hall–Kier alpha value is -2.75. The summed E-state index contributed by atoms with van der Waals surface area (Å²) in [4.78, 5) is 27.6. The lowest BCUT2D eigenvalue weighted by Gasteiger charge is -2.38. The summed E-state index contributed by atoms with van der Waals surface area (Å²) in [6.45, 7) is -0.173. The number of hydrogen-bond donors (Lipinski definition) is 3. The summed E-state index contributed by atoms with van der Waals surface area (Å²) >= 11 is 0. The van der Waals surface area contributed by atoms with E-state index in [1.807, 2.05) is 4.98 Å². The van der Waals surface area contributed by atoms with Crippen LogP contribution in [0.1, 0.15) is 42.9 Å². The standard InChI is InChI=1S/C21H20F9N3O4/c1-7-13-11(17(35)31-18(36)33(13)9-2-3-9)10(16(23)24)12(22)14(7)32-5-4-8(6-32)15(34)19(37,20(25,26)27)21(28,29)30/h8-9,15-16,34,37H,2-6H2,1H3,(H,31,35,36). The average molecular weight is 549 g/mol. The van der Waals surface area contributed by atoms with Crippen LogP contribution in [0.25, 0.3) is 10.9 Å². The molecule has 1 saturated carbocycles. The molecule has 1 aromatic heterocycles. The van der Waals surface area contributed by atoms with Crippen molar-refractivity contribution in [1.82, 2.24) is 9.55 Å². The highest BCUT2D eigenvalue weighted by Gasteiger charge is 2.75. The minimum atomic E-state index is -6.31. The number of aromatic nitrogens is 2. The van der Waals surface area contributed by atoms with Gasteiger partial charge in [0.25, 0.3) is 17.6 Å². The number of aliphatic hydroxyl groups excluding tert-OH is 1. The number of H-pyrrole nitrogens is 1. The van der Waals surface area contributed by atoms with Crippen molar-refractivity contribution in [1.29, 1.82) is 0 Å². The molecule has 2 aromatic rings. The van der Waals surface area contributed by atoms with E-state index in [0.29, 0.717) is 12.8 Å². The summed E-state index contributed by atoms with van der Waals surface area (Å²) in [7, 11) is 0. The largest absolute Gasteiger partial charge is 0.428 e. The topological polar surface area (TPSA) is 98.6 Å². The number of benzene rings is 1. The minimum Gasteiger partial charge on any atom is -0.389 e. The second-order valence-corrected chi connectivity index (χ2v) is 9.29. The first kappa shape index (κ1) is 27.3. The summed E-state index contributed by atoms with van der Waals surface area (Å²) in [5.74, 6) is -3.54. The van der Waals surface area contributed by atoms with Crippen molar-refractivity contribution in [3.05, 3.63) is 37.8 Å². The molecule has 2 aliphatic rings. The number of rotatable bonds is 5. The molecule has 2 fully saturated rings. The number of anilines is 1. The van der Waals surface area contributed by atoms with E-state index in [9.17, 15) is 54.9 Å². The molecule has 0 bridgehead atoms. The number of hydrogen-bond acceptors (Lipinski definition) is 5. The minimum absolute atomic E-state index is 0.205. The van der Waals surface area contributed by atoms with Crippen molar-refractivity contribution in [2.24, 2.45) is 5.92 Å². The van der Waals surface area contributed by atoms with Gasteiger partial charge in [-0.25, -0.2) is 18.0 Å². The van der Waals surface area contributed by atoms with Gasteiger partial charge in [0.2, 0.25) is 0 Å². The smallest absolute Gasteiger partial charge is 0.389 e. The molecule has 1 saturated heterocycles. The van der Waals surface area contributed by atoms with Crippen LogP contribution in [0, 0.1) is 18.7 Å². The molecule has 3 N–H and O–H groups in total. The predicted octanol–water partition coefficient (Wildman–Crippen LogP) is 3.45. The fourth-order valence-corrected chi connectivity index (χ4v) is 5.03. The predicted molar refractivity (Wildman–Crippen MR) is 110 cm³/mol. The Bertz CT molecular complexity index is 1330. The van der Waals surface area contributed by atoms with Crippen LogP contribution in [0.4, 0.5) is 45.2 Å². The van der Waals surface area contributed by atoms with E-state index in [1.54, 1.807) is 0 Å². The van der Waals surface area contributed by atoms with Gasteiger partial charge in [0.1, 0.15) is 6.10 Å². The molecule has 1 aliphatic carbocycles. The van der Waals surface area contributed by atoms with Gasteiger partial charge in [-0.2, -0.15) is 26.3 Å². The summed E-state index contributed by atoms with van der Waals surface area (Å²) in [5.41, 5.74) is -10.3. The Labute approximate surface area is 201 Å². The van der Waals surface area contributed by atoms with Gasteiger partial charge in [-0.1, -0.05) is 0 Å². The molecule has 0 spiro atoms. The summed E-state index contributed by atoms with van der Waals surface area (Å²) in [5, 5.41) is 18.8. The van der Waals surface area contributed by atoms with Crippen LogP contribution in [0.2, 0.25) is 0 Å². The molecule has 7 nitrogen and oxygen atoms in total. The molecule has 37 heavy (non-hydrogen) atoms. The molecule has 2 unspecified atom stereocenters. The molecule has 206 valence electrons. The van der Waals surface area contributed by atoms with Crippen LogP contribution in [0.5, 0.6) is 0 Å². The van der Waals surface area contributed by atoms with Crippen LogP contribution in [0.3, 0.4) is 0 Å². The zero-order valence-electron chi connectivity index (χ0n) is 18.9. The van der Waals surface area contributed by atoms with Crippen LogP contribution < -0.4 is 16.1 Å². The van der Waals surface area contributed by atoms with E-state index in [2.05, 4.69) is 0 Å². The fraction of sp³-hybridized carbons (Fsp3) is 0.619. The van der Waals surface area contributed by atoms with Gasteiger partial charge >= 0.3 is 18.0 Å². The maximum atomic E-state index is 15.5. The van der Waals surface area contributed by atoms with Crippen LogP contribution >= 0.6 is 0 Å². The number of alkyl halides is 8. The van der Waals surface area contributed by atoms with Crippen molar-refractivity contribution in [2.45, 2.75) is 62.7 Å². The van der Waals surface area contributed by atoms with E-state index < -0.39 is 95.7 Å². The molecule has 1 aliphatic heterocycles. The van der Waals surface area contributed by atoms with Crippen molar-refractivity contribution in [2.75, 3.05) is 18.0 Å². The van der Waals surface area contributed by atoms with Gasteiger partial charge < -0.3 is 15.1 Å². The molecule has 2 atom stereocenters. The summed E-state index contributed by atoms with van der Waals surface area (Å²) in [6.07, 6.45) is -19.3. The third-order valence-electron chi connectivity index (χ3n) is 6.98. The highest BCUT2D eigenvalue weighted by atomic mass is 19.4. The second kappa shape index (κ2) is 8.64. The van der Waals surface area contributed by atoms with Gasteiger partial charge in [-0.3, -0.25) is 14.3 Å². The van der Waals surface area contributed by atoms with E-state index >= 15 is 4.39 Å². The van der Waals surface area contributed by atoms with Gasteiger partial charge in [0, 0.05) is 30.6 Å². The fourth-order valence-electron chi connectivity index (χ4n) is 5.03. The monoisotopic (exact) mass is 549 g/mol. The van der Waals surface area contributed by atoms with Crippen LogP contribution in [0.15, 0.2) is 9.59 Å². The first-order valence-electron chi connectivity index (χ1n) is 11.0. The normalized spacial score (nSPS) is 20.4. The second-order valence-electron chi connectivity index (χ2n) is 9.29. The van der Waals surface area contributed by atoms with Gasteiger partial charge in [0.15, 0.2) is 5.82 Å². The van der Waals surface area contributed by atoms with Gasteiger partial charge in [-0.05, 0) is 26.2 Å². The highest BCUT2D eigenvalue weighted by Crippen LogP contribution is 2.49.